The number of fused-ring (bicyclic) bond motifs is 1. The summed E-state index contributed by atoms with van der Waals surface area (Å²) in [5, 5.41) is 11.4. The van der Waals surface area contributed by atoms with E-state index in [1.807, 2.05) is 6.07 Å². The lowest BCUT2D eigenvalue weighted by atomic mass is 9.95. The molecule has 0 spiro atoms. The second kappa shape index (κ2) is 9.59. The molecular formula is C26H27FN4O4. The zero-order chi connectivity index (χ0) is 24.5. The van der Waals surface area contributed by atoms with Gasteiger partial charge in [-0.05, 0) is 31.5 Å². The van der Waals surface area contributed by atoms with Crippen LogP contribution in [0.25, 0.3) is 11.4 Å². The first-order valence-electron chi connectivity index (χ1n) is 11.7. The zero-order valence-corrected chi connectivity index (χ0v) is 19.5. The van der Waals surface area contributed by atoms with Crippen LogP contribution in [0.1, 0.15) is 29.4 Å². The zero-order valence-electron chi connectivity index (χ0n) is 19.5. The van der Waals surface area contributed by atoms with Gasteiger partial charge in [0.25, 0.3) is 11.7 Å². The molecule has 0 radical (unpaired) electrons. The lowest BCUT2D eigenvalue weighted by Gasteiger charge is -2.29. The van der Waals surface area contributed by atoms with Gasteiger partial charge in [-0.1, -0.05) is 24.3 Å². The van der Waals surface area contributed by atoms with Gasteiger partial charge in [-0.25, -0.2) is 9.37 Å². The van der Waals surface area contributed by atoms with Crippen molar-refractivity contribution >= 4 is 23.1 Å². The Kier molecular flexibility index (Phi) is 6.36. The van der Waals surface area contributed by atoms with Crippen LogP contribution in [-0.2, 0) is 14.3 Å². The maximum Gasteiger partial charge on any atom is 0.295 e. The molecule has 35 heavy (non-hydrogen) atoms. The van der Waals surface area contributed by atoms with Crippen LogP contribution in [-0.4, -0.2) is 75.4 Å². The molecule has 1 amide bonds. The maximum atomic E-state index is 15.0. The quantitative estimate of drug-likeness (QED) is 0.333. The van der Waals surface area contributed by atoms with Gasteiger partial charge in [0.1, 0.15) is 17.2 Å². The van der Waals surface area contributed by atoms with E-state index in [1.165, 1.54) is 11.0 Å². The van der Waals surface area contributed by atoms with Crippen molar-refractivity contribution in [3.05, 3.63) is 77.0 Å². The predicted octanol–water partition coefficient (Wildman–Crippen LogP) is 2.93. The Balaban J connectivity index is 1.56. The summed E-state index contributed by atoms with van der Waals surface area (Å²) in [6, 6.07) is 10.4. The van der Waals surface area contributed by atoms with Crippen molar-refractivity contribution in [2.75, 3.05) is 39.4 Å². The first-order chi connectivity index (χ1) is 17.0. The highest BCUT2D eigenvalue weighted by Crippen LogP contribution is 2.40. The van der Waals surface area contributed by atoms with Gasteiger partial charge in [0.2, 0.25) is 0 Å². The number of hydrogen-bond acceptors (Lipinski definition) is 6. The predicted molar refractivity (Wildman–Crippen MR) is 127 cm³/mol. The number of aromatic nitrogens is 2. The van der Waals surface area contributed by atoms with Crippen molar-refractivity contribution < 1.29 is 23.8 Å². The van der Waals surface area contributed by atoms with E-state index in [2.05, 4.69) is 9.88 Å². The maximum absolute atomic E-state index is 15.0. The highest BCUT2D eigenvalue weighted by molar-refractivity contribution is 6.46. The highest BCUT2D eigenvalue weighted by Gasteiger charge is 2.47. The van der Waals surface area contributed by atoms with E-state index in [4.69, 9.17) is 4.74 Å². The molecule has 8 nitrogen and oxygen atoms in total. The Labute approximate surface area is 202 Å². The average Bonchev–Trinajstić information content (AvgIpc) is 3.33. The number of morpholine rings is 1. The third kappa shape index (κ3) is 4.21. The Hall–Kier alpha value is -3.56. The van der Waals surface area contributed by atoms with Crippen LogP contribution >= 0.6 is 0 Å². The smallest absolute Gasteiger partial charge is 0.295 e. The largest absolute Gasteiger partial charge is 0.505 e. The molecule has 5 rings (SSSR count). The van der Waals surface area contributed by atoms with Gasteiger partial charge in [0.05, 0.1) is 30.5 Å². The van der Waals surface area contributed by atoms with E-state index in [-0.39, 0.29) is 23.4 Å². The molecule has 2 aliphatic rings. The number of likely N-dealkylation sites (tertiary alicyclic amines) is 1. The fourth-order valence-electron chi connectivity index (χ4n) is 4.95. The number of benzene rings is 1. The Morgan fingerprint density at radius 3 is 2.63 bits per heavy atom. The van der Waals surface area contributed by atoms with Gasteiger partial charge in [-0.15, -0.1) is 0 Å². The summed E-state index contributed by atoms with van der Waals surface area (Å²) in [5.74, 6) is -2.47. The number of amides is 1. The fraction of sp³-hybridized carbons (Fsp3) is 0.346. The number of hydrogen-bond donors (Lipinski definition) is 1. The molecule has 3 aromatic rings. The number of carbonyl (C=O) groups is 2. The van der Waals surface area contributed by atoms with Crippen LogP contribution in [0, 0.1) is 12.7 Å². The molecule has 1 atom stereocenters. The summed E-state index contributed by atoms with van der Waals surface area (Å²) in [6.07, 6.45) is 2.33. The van der Waals surface area contributed by atoms with Gasteiger partial charge in [-0.3, -0.25) is 18.9 Å². The van der Waals surface area contributed by atoms with Crippen LogP contribution < -0.4 is 0 Å². The molecule has 1 aromatic carbocycles. The summed E-state index contributed by atoms with van der Waals surface area (Å²) in [7, 11) is 0. The average molecular weight is 479 g/mol. The number of halogens is 1. The van der Waals surface area contributed by atoms with Gasteiger partial charge in [0, 0.05) is 37.9 Å². The first kappa shape index (κ1) is 23.2. The van der Waals surface area contributed by atoms with E-state index in [1.54, 1.807) is 47.9 Å². The highest BCUT2D eigenvalue weighted by atomic mass is 19.1. The summed E-state index contributed by atoms with van der Waals surface area (Å²) >= 11 is 0. The van der Waals surface area contributed by atoms with E-state index in [0.717, 1.165) is 19.6 Å². The molecule has 1 N–H and O–H groups in total. The van der Waals surface area contributed by atoms with Crippen LogP contribution in [0.15, 0.2) is 54.2 Å². The molecule has 2 saturated heterocycles. The Bertz CT molecular complexity index is 1310. The van der Waals surface area contributed by atoms with E-state index >= 15 is 4.39 Å². The fourth-order valence-corrected chi connectivity index (χ4v) is 4.95. The number of aliphatic hydroxyl groups is 1. The number of aryl methyl sites for hydroxylation is 1. The van der Waals surface area contributed by atoms with Crippen molar-refractivity contribution in [1.29, 1.82) is 0 Å². The number of rotatable bonds is 6. The molecule has 0 aliphatic carbocycles. The van der Waals surface area contributed by atoms with Crippen LogP contribution in [0.5, 0.6) is 0 Å². The molecule has 2 fully saturated rings. The van der Waals surface area contributed by atoms with Gasteiger partial charge >= 0.3 is 0 Å². The molecule has 2 aromatic heterocycles. The van der Waals surface area contributed by atoms with Crippen LogP contribution in [0.2, 0.25) is 0 Å². The monoisotopic (exact) mass is 478 g/mol. The summed E-state index contributed by atoms with van der Waals surface area (Å²) in [6.45, 7) is 5.65. The SMILES string of the molecule is Cc1nc2ccccn2c1C(O)=C1C(=O)C(=O)N(CCCN2CCOCC2)[C@H]1c1ccccc1F. The molecule has 0 saturated carbocycles. The minimum atomic E-state index is -1.03. The standard InChI is InChI=1S/C26H27FN4O4/c1-17-22(30-11-5-4-9-20(30)28-17)24(32)21-23(18-7-2-3-8-19(18)27)31(26(34)25(21)33)12-6-10-29-13-15-35-16-14-29/h2-5,7-9,11,23,32H,6,10,12-16H2,1H3/t23-/m0/s1. The van der Waals surface area contributed by atoms with Gasteiger partial charge in [-0.2, -0.15) is 0 Å². The number of pyridine rings is 1. The number of carbonyl (C=O) groups excluding carboxylic acids is 2. The Morgan fingerprint density at radius 1 is 1.11 bits per heavy atom. The molecule has 182 valence electrons. The molecule has 0 unspecified atom stereocenters. The minimum absolute atomic E-state index is 0.125. The molecule has 2 aliphatic heterocycles. The second-order valence-electron chi connectivity index (χ2n) is 8.80. The molecule has 0 bridgehead atoms. The van der Waals surface area contributed by atoms with Crippen molar-refractivity contribution in [3.8, 4) is 0 Å². The number of imidazole rings is 1. The third-order valence-corrected chi connectivity index (χ3v) is 6.65. The van der Waals surface area contributed by atoms with Crippen molar-refractivity contribution in [1.82, 2.24) is 19.2 Å². The normalized spacial score (nSPS) is 20.7. The first-order valence-corrected chi connectivity index (χ1v) is 11.7. The summed E-state index contributed by atoms with van der Waals surface area (Å²) in [5.41, 5.74) is 1.45. The lowest BCUT2D eigenvalue weighted by molar-refractivity contribution is -0.140. The van der Waals surface area contributed by atoms with E-state index in [0.29, 0.717) is 36.7 Å². The lowest BCUT2D eigenvalue weighted by Crippen LogP contribution is -2.39. The second-order valence-corrected chi connectivity index (χ2v) is 8.80. The van der Waals surface area contributed by atoms with E-state index in [9.17, 15) is 14.7 Å². The van der Waals surface area contributed by atoms with Crippen LogP contribution in [0.3, 0.4) is 0 Å². The number of nitrogens with zero attached hydrogens (tertiary/aromatic N) is 4. The Morgan fingerprint density at radius 2 is 1.86 bits per heavy atom. The van der Waals surface area contributed by atoms with Gasteiger partial charge < -0.3 is 14.7 Å². The van der Waals surface area contributed by atoms with Crippen LogP contribution in [0.4, 0.5) is 4.39 Å². The number of ketones is 1. The minimum Gasteiger partial charge on any atom is -0.505 e. The molecule has 9 heteroatoms. The summed E-state index contributed by atoms with van der Waals surface area (Å²) < 4.78 is 22.0. The molecular weight excluding hydrogens is 451 g/mol. The number of aliphatic hydroxyl groups excluding tert-OH is 1. The van der Waals surface area contributed by atoms with Gasteiger partial charge in [0.15, 0.2) is 5.76 Å². The molecule has 4 heterocycles. The number of ether oxygens (including phenoxy) is 1. The summed E-state index contributed by atoms with van der Waals surface area (Å²) in [4.78, 5) is 34.5. The van der Waals surface area contributed by atoms with E-state index < -0.39 is 23.5 Å². The third-order valence-electron chi connectivity index (χ3n) is 6.65. The van der Waals surface area contributed by atoms with Crippen molar-refractivity contribution in [3.63, 3.8) is 0 Å². The number of Topliss-reactive ketones (excluding diaryl/α,β-unsaturated/α-hetero) is 1. The van der Waals surface area contributed by atoms with Crippen molar-refractivity contribution in [2.45, 2.75) is 19.4 Å². The van der Waals surface area contributed by atoms with Crippen molar-refractivity contribution in [2.24, 2.45) is 0 Å². The topological polar surface area (TPSA) is 87.4 Å².